The molecule has 140 valence electrons. The number of aromatic amines is 1. The van der Waals surface area contributed by atoms with Gasteiger partial charge in [0, 0.05) is 18.8 Å². The highest BCUT2D eigenvalue weighted by Crippen LogP contribution is 2.29. The molecule has 0 bridgehead atoms. The lowest BCUT2D eigenvalue weighted by atomic mass is 9.90. The molecule has 1 aromatic heterocycles. The monoisotopic (exact) mass is 357 g/mol. The zero-order valence-corrected chi connectivity index (χ0v) is 15.7. The molecule has 0 spiro atoms. The first-order valence-electron chi connectivity index (χ1n) is 9.11. The fraction of sp³-hybridized carbons (Fsp3) is 0.500. The highest BCUT2D eigenvalue weighted by molar-refractivity contribution is 5.80. The lowest BCUT2D eigenvalue weighted by Gasteiger charge is -2.33. The largest absolute Gasteiger partial charge is 0.497 e. The van der Waals surface area contributed by atoms with Crippen molar-refractivity contribution in [3.05, 3.63) is 47.3 Å². The van der Waals surface area contributed by atoms with Crippen molar-refractivity contribution in [1.29, 1.82) is 0 Å². The van der Waals surface area contributed by atoms with Crippen LogP contribution in [-0.4, -0.2) is 47.3 Å². The molecule has 1 fully saturated rings. The predicted octanol–water partition coefficient (Wildman–Crippen LogP) is 3.04. The van der Waals surface area contributed by atoms with Gasteiger partial charge in [0.2, 0.25) is 0 Å². The molecule has 1 aliphatic heterocycles. The number of piperidine rings is 1. The SMILES string of the molecule is COc1cccc(COC(C)C(=O)N2CCC(c3cn[nH]c3C)CC2)c1. The Balaban J connectivity index is 1.49. The number of aromatic nitrogens is 2. The average molecular weight is 357 g/mol. The third-order valence-electron chi connectivity index (χ3n) is 5.10. The minimum absolute atomic E-state index is 0.0651. The predicted molar refractivity (Wildman–Crippen MR) is 99.1 cm³/mol. The number of methoxy groups -OCH3 is 1. The van der Waals surface area contributed by atoms with Gasteiger partial charge in [0.1, 0.15) is 11.9 Å². The van der Waals surface area contributed by atoms with Gasteiger partial charge in [-0.3, -0.25) is 9.89 Å². The van der Waals surface area contributed by atoms with Crippen LogP contribution in [0.5, 0.6) is 5.75 Å². The molecule has 2 aromatic rings. The first-order chi connectivity index (χ1) is 12.6. The summed E-state index contributed by atoms with van der Waals surface area (Å²) >= 11 is 0. The van der Waals surface area contributed by atoms with Gasteiger partial charge in [-0.25, -0.2) is 0 Å². The molecule has 1 unspecified atom stereocenters. The Bertz CT molecular complexity index is 735. The Hall–Kier alpha value is -2.34. The van der Waals surface area contributed by atoms with Crippen LogP contribution in [0.1, 0.15) is 42.5 Å². The molecule has 1 aliphatic rings. The van der Waals surface area contributed by atoms with E-state index in [2.05, 4.69) is 10.2 Å². The maximum atomic E-state index is 12.7. The van der Waals surface area contributed by atoms with Gasteiger partial charge in [0.05, 0.1) is 19.9 Å². The Labute approximate surface area is 154 Å². The van der Waals surface area contributed by atoms with E-state index >= 15 is 0 Å². The highest BCUT2D eigenvalue weighted by atomic mass is 16.5. The minimum Gasteiger partial charge on any atom is -0.497 e. The number of benzene rings is 1. The second-order valence-corrected chi connectivity index (χ2v) is 6.85. The maximum absolute atomic E-state index is 12.7. The van der Waals surface area contributed by atoms with Crippen LogP contribution in [0.4, 0.5) is 0 Å². The van der Waals surface area contributed by atoms with Gasteiger partial charge >= 0.3 is 0 Å². The molecule has 0 aliphatic carbocycles. The number of H-pyrrole nitrogens is 1. The number of nitrogens with one attached hydrogen (secondary N) is 1. The van der Waals surface area contributed by atoms with Crippen molar-refractivity contribution in [2.24, 2.45) is 0 Å². The van der Waals surface area contributed by atoms with Gasteiger partial charge in [-0.1, -0.05) is 12.1 Å². The number of aryl methyl sites for hydroxylation is 1. The van der Waals surface area contributed by atoms with Crippen LogP contribution in [0.2, 0.25) is 0 Å². The first-order valence-corrected chi connectivity index (χ1v) is 9.11. The van der Waals surface area contributed by atoms with E-state index in [0.717, 1.165) is 42.9 Å². The summed E-state index contributed by atoms with van der Waals surface area (Å²) in [6.45, 7) is 5.81. The van der Waals surface area contributed by atoms with E-state index in [1.165, 1.54) is 5.56 Å². The van der Waals surface area contributed by atoms with Crippen molar-refractivity contribution in [2.75, 3.05) is 20.2 Å². The molecule has 26 heavy (non-hydrogen) atoms. The molecular formula is C20H27N3O3. The number of carbonyl (C=O) groups is 1. The van der Waals surface area contributed by atoms with Crippen molar-refractivity contribution in [3.63, 3.8) is 0 Å². The molecule has 2 heterocycles. The number of carbonyl (C=O) groups excluding carboxylic acids is 1. The van der Waals surface area contributed by atoms with Gasteiger partial charge in [0.25, 0.3) is 5.91 Å². The van der Waals surface area contributed by atoms with E-state index in [1.807, 2.05) is 49.2 Å². The van der Waals surface area contributed by atoms with Gasteiger partial charge in [-0.05, 0) is 55.9 Å². The van der Waals surface area contributed by atoms with Crippen LogP contribution in [0.3, 0.4) is 0 Å². The number of rotatable bonds is 6. The molecule has 1 aromatic carbocycles. The summed E-state index contributed by atoms with van der Waals surface area (Å²) in [6.07, 6.45) is 3.40. The zero-order valence-electron chi connectivity index (χ0n) is 15.7. The summed E-state index contributed by atoms with van der Waals surface area (Å²) in [5.74, 6) is 1.34. The molecule has 6 heteroatoms. The van der Waals surface area contributed by atoms with Crippen LogP contribution >= 0.6 is 0 Å². The van der Waals surface area contributed by atoms with Crippen molar-refractivity contribution < 1.29 is 14.3 Å². The Morgan fingerprint density at radius 2 is 2.15 bits per heavy atom. The van der Waals surface area contributed by atoms with Crippen LogP contribution in [0.25, 0.3) is 0 Å². The summed E-state index contributed by atoms with van der Waals surface area (Å²) < 4.78 is 11.0. The van der Waals surface area contributed by atoms with E-state index in [0.29, 0.717) is 12.5 Å². The normalized spacial score (nSPS) is 16.5. The molecule has 1 amide bonds. The molecule has 1 N–H and O–H groups in total. The van der Waals surface area contributed by atoms with Gasteiger partial charge in [-0.15, -0.1) is 0 Å². The standard InChI is InChI=1S/C20H27N3O3/c1-14-19(12-21-22-14)17-7-9-23(10-8-17)20(24)15(2)26-13-16-5-4-6-18(11-16)25-3/h4-6,11-12,15,17H,7-10,13H2,1-3H3,(H,21,22). The van der Waals surface area contributed by atoms with Gasteiger partial charge < -0.3 is 14.4 Å². The van der Waals surface area contributed by atoms with Crippen molar-refractivity contribution in [3.8, 4) is 5.75 Å². The Kier molecular flexibility index (Phi) is 5.93. The van der Waals surface area contributed by atoms with Crippen molar-refractivity contribution in [1.82, 2.24) is 15.1 Å². The first kappa shape index (κ1) is 18.5. The zero-order chi connectivity index (χ0) is 18.5. The summed E-state index contributed by atoms with van der Waals surface area (Å²) in [6, 6.07) is 7.71. The molecule has 1 atom stereocenters. The van der Waals surface area contributed by atoms with E-state index < -0.39 is 6.10 Å². The third-order valence-corrected chi connectivity index (χ3v) is 5.10. The molecular weight excluding hydrogens is 330 g/mol. The highest BCUT2D eigenvalue weighted by Gasteiger charge is 2.28. The van der Waals surface area contributed by atoms with E-state index in [4.69, 9.17) is 9.47 Å². The summed E-state index contributed by atoms with van der Waals surface area (Å²) in [5.41, 5.74) is 3.40. The van der Waals surface area contributed by atoms with Crippen LogP contribution in [-0.2, 0) is 16.1 Å². The number of hydrogen-bond donors (Lipinski definition) is 1. The summed E-state index contributed by atoms with van der Waals surface area (Å²) in [5, 5.41) is 7.11. The Morgan fingerprint density at radius 3 is 2.81 bits per heavy atom. The van der Waals surface area contributed by atoms with Crippen LogP contribution in [0.15, 0.2) is 30.5 Å². The maximum Gasteiger partial charge on any atom is 0.251 e. The molecule has 1 saturated heterocycles. The fourth-order valence-electron chi connectivity index (χ4n) is 3.49. The Morgan fingerprint density at radius 1 is 1.38 bits per heavy atom. The second-order valence-electron chi connectivity index (χ2n) is 6.85. The van der Waals surface area contributed by atoms with Crippen molar-refractivity contribution >= 4 is 5.91 Å². The van der Waals surface area contributed by atoms with E-state index in [1.54, 1.807) is 7.11 Å². The smallest absolute Gasteiger partial charge is 0.251 e. The fourth-order valence-corrected chi connectivity index (χ4v) is 3.49. The third kappa shape index (κ3) is 4.25. The quantitative estimate of drug-likeness (QED) is 0.863. The lowest BCUT2D eigenvalue weighted by molar-refractivity contribution is -0.144. The second kappa shape index (κ2) is 8.36. The number of hydrogen-bond acceptors (Lipinski definition) is 4. The number of likely N-dealkylation sites (tertiary alicyclic amines) is 1. The average Bonchev–Trinajstić information content (AvgIpc) is 3.11. The topological polar surface area (TPSA) is 67.5 Å². The van der Waals surface area contributed by atoms with Crippen LogP contribution < -0.4 is 4.74 Å². The molecule has 0 radical (unpaired) electrons. The minimum atomic E-state index is -0.451. The van der Waals surface area contributed by atoms with E-state index in [-0.39, 0.29) is 5.91 Å². The van der Waals surface area contributed by atoms with Crippen molar-refractivity contribution in [2.45, 2.75) is 45.3 Å². The van der Waals surface area contributed by atoms with Gasteiger partial charge in [-0.2, -0.15) is 5.10 Å². The number of ether oxygens (including phenoxy) is 2. The summed E-state index contributed by atoms with van der Waals surface area (Å²) in [4.78, 5) is 14.6. The van der Waals surface area contributed by atoms with Crippen LogP contribution in [0, 0.1) is 6.92 Å². The number of nitrogens with zero attached hydrogens (tertiary/aromatic N) is 2. The molecule has 0 saturated carbocycles. The molecule has 6 nitrogen and oxygen atoms in total. The molecule has 3 rings (SSSR count). The summed E-state index contributed by atoms with van der Waals surface area (Å²) in [7, 11) is 1.64. The van der Waals surface area contributed by atoms with Gasteiger partial charge in [0.15, 0.2) is 0 Å². The van der Waals surface area contributed by atoms with E-state index in [9.17, 15) is 4.79 Å². The number of amides is 1. The lowest BCUT2D eigenvalue weighted by Crippen LogP contribution is -2.43.